The Morgan fingerprint density at radius 1 is 1.29 bits per heavy atom. The topological polar surface area (TPSA) is 149 Å². The number of rotatable bonds is 7. The van der Waals surface area contributed by atoms with Gasteiger partial charge in [-0.25, -0.2) is 17.6 Å². The number of halogens is 1. The smallest absolute Gasteiger partial charge is 0.414 e. The second-order valence-electron chi connectivity index (χ2n) is 9.39. The van der Waals surface area contributed by atoms with Crippen molar-refractivity contribution in [2.45, 2.75) is 43.2 Å². The minimum Gasteiger partial charge on any atom is -0.442 e. The predicted molar refractivity (Wildman–Crippen MR) is 137 cm³/mol. The molecule has 1 atom stereocenters. The number of nitrogens with one attached hydrogen (secondary N) is 1. The van der Waals surface area contributed by atoms with Gasteiger partial charge < -0.3 is 15.0 Å². The second-order valence-corrected chi connectivity index (χ2v) is 11.2. The number of cyclic esters (lactones) is 1. The summed E-state index contributed by atoms with van der Waals surface area (Å²) < 4.78 is 47.5. The SMILES string of the molecule is CC(=O)NC[C@H]1CN(c2ccc(N3CCC(C#N)(N(N)S(=O)(=O)c4ccccc4C)CC3)c(F)c2)C(=O)O1. The number of ether oxygens (including phenoxy) is 1. The summed E-state index contributed by atoms with van der Waals surface area (Å²) >= 11 is 0. The fourth-order valence-corrected chi connectivity index (χ4v) is 6.32. The van der Waals surface area contributed by atoms with E-state index in [1.807, 2.05) is 0 Å². The molecule has 202 valence electrons. The van der Waals surface area contributed by atoms with Gasteiger partial charge in [0.15, 0.2) is 0 Å². The third kappa shape index (κ3) is 5.15. The van der Waals surface area contributed by atoms with Crippen LogP contribution in [0.3, 0.4) is 0 Å². The Hall–Kier alpha value is -3.73. The van der Waals surface area contributed by atoms with Gasteiger partial charge in [-0.2, -0.15) is 5.26 Å². The van der Waals surface area contributed by atoms with Crippen LogP contribution in [-0.4, -0.2) is 62.7 Å². The highest BCUT2D eigenvalue weighted by Gasteiger charge is 2.46. The van der Waals surface area contributed by atoms with Crippen molar-refractivity contribution in [3.05, 3.63) is 53.8 Å². The molecule has 2 saturated heterocycles. The Morgan fingerprint density at radius 3 is 2.58 bits per heavy atom. The first-order valence-electron chi connectivity index (χ1n) is 12.0. The first kappa shape index (κ1) is 27.3. The lowest BCUT2D eigenvalue weighted by Crippen LogP contribution is -2.59. The largest absolute Gasteiger partial charge is 0.442 e. The zero-order valence-corrected chi connectivity index (χ0v) is 21.9. The molecule has 38 heavy (non-hydrogen) atoms. The molecule has 2 aliphatic heterocycles. The van der Waals surface area contributed by atoms with Crippen molar-refractivity contribution in [1.29, 1.82) is 5.26 Å². The number of sulfonamides is 1. The highest BCUT2D eigenvalue weighted by Crippen LogP contribution is 2.35. The monoisotopic (exact) mass is 544 g/mol. The van der Waals surface area contributed by atoms with Crippen molar-refractivity contribution in [3.63, 3.8) is 0 Å². The quantitative estimate of drug-likeness (QED) is 0.397. The van der Waals surface area contributed by atoms with E-state index in [0.717, 1.165) is 0 Å². The molecule has 2 aliphatic rings. The Kier molecular flexibility index (Phi) is 7.59. The van der Waals surface area contributed by atoms with E-state index < -0.39 is 33.6 Å². The van der Waals surface area contributed by atoms with Crippen LogP contribution in [0.15, 0.2) is 47.4 Å². The molecule has 0 spiro atoms. The Labute approximate surface area is 220 Å². The summed E-state index contributed by atoms with van der Waals surface area (Å²) in [7, 11) is -4.14. The lowest BCUT2D eigenvalue weighted by atomic mass is 9.89. The van der Waals surface area contributed by atoms with Gasteiger partial charge in [-0.3, -0.25) is 15.5 Å². The zero-order valence-electron chi connectivity index (χ0n) is 21.1. The first-order chi connectivity index (χ1) is 18.0. The standard InChI is InChI=1S/C25H29FN6O5S/c1-17-5-3-4-6-23(17)38(35,36)32(28)25(16-27)9-11-30(12-10-25)22-8-7-19(13-21(22)26)31-15-20(37-24(31)34)14-29-18(2)33/h3-8,13,20H,9-12,14-15,28H2,1-2H3,(H,29,33)/t20-/m0/s1. The maximum Gasteiger partial charge on any atom is 0.414 e. The highest BCUT2D eigenvalue weighted by molar-refractivity contribution is 7.89. The van der Waals surface area contributed by atoms with Crippen LogP contribution in [0.25, 0.3) is 0 Å². The van der Waals surface area contributed by atoms with Gasteiger partial charge in [-0.05, 0) is 49.6 Å². The summed E-state index contributed by atoms with van der Waals surface area (Å²) in [6.07, 6.45) is -1.06. The van der Waals surface area contributed by atoms with Crippen LogP contribution in [0.1, 0.15) is 25.3 Å². The number of nitriles is 1. The maximum absolute atomic E-state index is 15.2. The van der Waals surface area contributed by atoms with Gasteiger partial charge >= 0.3 is 6.09 Å². The van der Waals surface area contributed by atoms with Crippen molar-refractivity contribution >= 4 is 33.4 Å². The second kappa shape index (κ2) is 10.6. The summed E-state index contributed by atoms with van der Waals surface area (Å²) in [5.74, 6) is 5.27. The normalized spacial score (nSPS) is 19.3. The molecule has 0 saturated carbocycles. The van der Waals surface area contributed by atoms with Crippen LogP contribution in [-0.2, 0) is 19.6 Å². The van der Waals surface area contributed by atoms with Gasteiger partial charge in [-0.1, -0.05) is 18.2 Å². The Morgan fingerprint density at radius 2 is 1.97 bits per heavy atom. The number of hydrogen-bond acceptors (Lipinski definition) is 8. The first-order valence-corrected chi connectivity index (χ1v) is 13.5. The van der Waals surface area contributed by atoms with Gasteiger partial charge in [0.2, 0.25) is 5.91 Å². The molecule has 0 radical (unpaired) electrons. The number of aryl methyl sites for hydroxylation is 1. The summed E-state index contributed by atoms with van der Waals surface area (Å²) in [6, 6.07) is 12.8. The summed E-state index contributed by atoms with van der Waals surface area (Å²) in [4.78, 5) is 26.4. The minimum atomic E-state index is -4.14. The number of carbonyl (C=O) groups is 2. The van der Waals surface area contributed by atoms with Gasteiger partial charge in [0.05, 0.1) is 35.4 Å². The summed E-state index contributed by atoms with van der Waals surface area (Å²) in [5.41, 5.74) is -0.412. The molecule has 13 heteroatoms. The molecular weight excluding hydrogens is 515 g/mol. The number of nitrogens with zero attached hydrogens (tertiary/aromatic N) is 4. The van der Waals surface area contributed by atoms with Gasteiger partial charge in [0.1, 0.15) is 17.5 Å². The summed E-state index contributed by atoms with van der Waals surface area (Å²) in [6.45, 7) is 3.70. The Bertz CT molecular complexity index is 1390. The number of amides is 2. The fraction of sp³-hybridized carbons (Fsp3) is 0.400. The molecule has 4 rings (SSSR count). The molecule has 0 unspecified atom stereocenters. The van der Waals surface area contributed by atoms with Gasteiger partial charge in [0, 0.05) is 20.0 Å². The number of anilines is 2. The van der Waals surface area contributed by atoms with E-state index in [9.17, 15) is 23.3 Å². The highest BCUT2D eigenvalue weighted by atomic mass is 32.2. The van der Waals surface area contributed by atoms with Gasteiger partial charge in [0.25, 0.3) is 10.0 Å². The molecule has 2 heterocycles. The van der Waals surface area contributed by atoms with Crippen molar-refractivity contribution < 1.29 is 27.1 Å². The molecule has 2 amide bonds. The molecular formula is C25H29FN6O5S. The molecule has 0 aliphatic carbocycles. The molecule has 2 fully saturated rings. The van der Waals surface area contributed by atoms with E-state index in [0.29, 0.717) is 15.7 Å². The number of carbonyl (C=O) groups excluding carboxylic acids is 2. The van der Waals surface area contributed by atoms with E-state index in [1.165, 1.54) is 30.0 Å². The Balaban J connectivity index is 1.46. The number of hydrazine groups is 1. The lowest BCUT2D eigenvalue weighted by molar-refractivity contribution is -0.119. The molecule has 2 aromatic rings. The van der Waals surface area contributed by atoms with Crippen LogP contribution < -0.4 is 21.0 Å². The fourth-order valence-electron chi connectivity index (χ4n) is 4.70. The van der Waals surface area contributed by atoms with Crippen molar-refractivity contribution in [2.75, 3.05) is 36.0 Å². The van der Waals surface area contributed by atoms with Crippen LogP contribution in [0.2, 0.25) is 0 Å². The van der Waals surface area contributed by atoms with Crippen LogP contribution in [0.4, 0.5) is 20.6 Å². The predicted octanol–water partition coefficient (Wildman–Crippen LogP) is 2.02. The molecule has 11 nitrogen and oxygen atoms in total. The lowest BCUT2D eigenvalue weighted by Gasteiger charge is -2.42. The minimum absolute atomic E-state index is 0.0286. The van der Waals surface area contributed by atoms with E-state index in [2.05, 4.69) is 11.4 Å². The summed E-state index contributed by atoms with van der Waals surface area (Å²) in [5, 5.41) is 12.6. The van der Waals surface area contributed by atoms with E-state index in [1.54, 1.807) is 36.1 Å². The van der Waals surface area contributed by atoms with Crippen LogP contribution >= 0.6 is 0 Å². The third-order valence-electron chi connectivity index (χ3n) is 6.89. The number of hydrogen-bond donors (Lipinski definition) is 2. The van der Waals surface area contributed by atoms with E-state index in [4.69, 9.17) is 10.6 Å². The average molecular weight is 545 g/mol. The molecule has 0 bridgehead atoms. The van der Waals surface area contributed by atoms with Crippen molar-refractivity contribution in [3.8, 4) is 6.07 Å². The van der Waals surface area contributed by atoms with Crippen LogP contribution in [0.5, 0.6) is 0 Å². The van der Waals surface area contributed by atoms with E-state index in [-0.39, 0.29) is 55.5 Å². The molecule has 3 N–H and O–H groups in total. The van der Waals surface area contributed by atoms with Gasteiger partial charge in [-0.15, -0.1) is 4.41 Å². The number of benzene rings is 2. The van der Waals surface area contributed by atoms with E-state index >= 15 is 4.39 Å². The van der Waals surface area contributed by atoms with Crippen molar-refractivity contribution in [2.24, 2.45) is 5.84 Å². The van der Waals surface area contributed by atoms with Crippen LogP contribution in [0, 0.1) is 24.1 Å². The average Bonchev–Trinajstić information content (AvgIpc) is 3.27. The number of piperidine rings is 1. The molecule has 2 aromatic carbocycles. The van der Waals surface area contributed by atoms with Crippen molar-refractivity contribution in [1.82, 2.24) is 9.73 Å². The zero-order chi connectivity index (χ0) is 27.7. The maximum atomic E-state index is 15.2. The third-order valence-corrected chi connectivity index (χ3v) is 8.77. The molecule has 0 aromatic heterocycles. The number of nitrogens with two attached hydrogens (primary N) is 1.